The van der Waals surface area contributed by atoms with Crippen LogP contribution in [-0.4, -0.2) is 36.5 Å². The summed E-state index contributed by atoms with van der Waals surface area (Å²) in [7, 11) is 0. The van der Waals surface area contributed by atoms with Gasteiger partial charge in [-0.1, -0.05) is 30.3 Å². The Balaban J connectivity index is 1.37. The van der Waals surface area contributed by atoms with E-state index in [2.05, 4.69) is 5.32 Å². The Kier molecular flexibility index (Phi) is 4.56. The minimum absolute atomic E-state index is 0.0353. The number of hydrogen-bond donors (Lipinski definition) is 1. The van der Waals surface area contributed by atoms with Gasteiger partial charge in [0, 0.05) is 43.7 Å². The van der Waals surface area contributed by atoms with E-state index in [0.29, 0.717) is 38.3 Å². The summed E-state index contributed by atoms with van der Waals surface area (Å²) < 4.78 is 13.1. The molecule has 1 N–H and O–H groups in total. The highest BCUT2D eigenvalue weighted by molar-refractivity contribution is 5.96. The van der Waals surface area contributed by atoms with Crippen LogP contribution in [0.5, 0.6) is 0 Å². The van der Waals surface area contributed by atoms with Gasteiger partial charge in [0.2, 0.25) is 5.91 Å². The number of carbonyl (C=O) groups is 2. The van der Waals surface area contributed by atoms with Gasteiger partial charge in [-0.2, -0.15) is 0 Å². The Morgan fingerprint density at radius 2 is 1.81 bits per heavy atom. The standard InChI is InChI=1S/C21H22FN3O2/c22-17-6-8-18(9-7-17)25-15-21(12-19(25)26)10-11-24(14-21)20(27)23-13-16-4-2-1-3-5-16/h1-9H,10-15H2,(H,23,27)/t21-/m1/s1. The second-order valence-electron chi connectivity index (χ2n) is 7.45. The van der Waals surface area contributed by atoms with Crippen molar-refractivity contribution in [1.82, 2.24) is 10.2 Å². The van der Waals surface area contributed by atoms with Crippen molar-refractivity contribution in [2.45, 2.75) is 19.4 Å². The van der Waals surface area contributed by atoms with Crippen LogP contribution in [0.3, 0.4) is 0 Å². The molecular formula is C21H22FN3O2. The van der Waals surface area contributed by atoms with Crippen LogP contribution in [-0.2, 0) is 11.3 Å². The molecule has 2 aliphatic rings. The average Bonchev–Trinajstić information content (AvgIpc) is 3.24. The minimum Gasteiger partial charge on any atom is -0.334 e. The zero-order valence-electron chi connectivity index (χ0n) is 15.0. The van der Waals surface area contributed by atoms with Crippen LogP contribution >= 0.6 is 0 Å². The SMILES string of the molecule is O=C(NCc1ccccc1)N1CC[C@@]2(CC(=O)N(c3ccc(F)cc3)C2)C1. The molecule has 27 heavy (non-hydrogen) atoms. The Bertz CT molecular complexity index is 840. The number of nitrogens with zero attached hydrogens (tertiary/aromatic N) is 2. The molecule has 0 saturated carbocycles. The number of likely N-dealkylation sites (tertiary alicyclic amines) is 1. The first kappa shape index (κ1) is 17.5. The molecule has 2 fully saturated rings. The van der Waals surface area contributed by atoms with Gasteiger partial charge in [-0.25, -0.2) is 9.18 Å². The van der Waals surface area contributed by atoms with Gasteiger partial charge in [0.25, 0.3) is 0 Å². The molecule has 2 heterocycles. The van der Waals surface area contributed by atoms with Gasteiger partial charge in [-0.3, -0.25) is 4.79 Å². The average molecular weight is 367 g/mol. The third-order valence-corrected chi connectivity index (χ3v) is 5.47. The van der Waals surface area contributed by atoms with E-state index in [9.17, 15) is 14.0 Å². The first-order valence-electron chi connectivity index (χ1n) is 9.17. The second kappa shape index (κ2) is 7.02. The largest absolute Gasteiger partial charge is 0.334 e. The topological polar surface area (TPSA) is 52.7 Å². The molecule has 1 spiro atoms. The summed E-state index contributed by atoms with van der Waals surface area (Å²) in [6.07, 6.45) is 1.22. The van der Waals surface area contributed by atoms with Crippen LogP contribution in [0.1, 0.15) is 18.4 Å². The van der Waals surface area contributed by atoms with Gasteiger partial charge in [0.15, 0.2) is 0 Å². The number of rotatable bonds is 3. The summed E-state index contributed by atoms with van der Waals surface area (Å²) >= 11 is 0. The molecule has 4 rings (SSSR count). The third kappa shape index (κ3) is 3.65. The maximum absolute atomic E-state index is 13.1. The summed E-state index contributed by atoms with van der Waals surface area (Å²) in [6.45, 7) is 2.27. The Morgan fingerprint density at radius 1 is 1.07 bits per heavy atom. The molecular weight excluding hydrogens is 345 g/mol. The van der Waals surface area contributed by atoms with E-state index in [4.69, 9.17) is 0 Å². The van der Waals surface area contributed by atoms with Crippen molar-refractivity contribution in [2.24, 2.45) is 5.41 Å². The molecule has 1 atom stereocenters. The predicted octanol–water partition coefficient (Wildman–Crippen LogP) is 3.16. The molecule has 0 radical (unpaired) electrons. The van der Waals surface area contributed by atoms with Crippen molar-refractivity contribution >= 4 is 17.6 Å². The first-order valence-corrected chi connectivity index (χ1v) is 9.17. The van der Waals surface area contributed by atoms with Crippen LogP contribution in [0.25, 0.3) is 0 Å². The maximum atomic E-state index is 13.1. The van der Waals surface area contributed by atoms with Crippen LogP contribution < -0.4 is 10.2 Å². The van der Waals surface area contributed by atoms with Crippen LogP contribution in [0.2, 0.25) is 0 Å². The van der Waals surface area contributed by atoms with Gasteiger partial charge >= 0.3 is 6.03 Å². The minimum atomic E-state index is -0.317. The predicted molar refractivity (Wildman–Crippen MR) is 101 cm³/mol. The zero-order valence-corrected chi connectivity index (χ0v) is 15.0. The molecule has 0 aliphatic carbocycles. The molecule has 2 saturated heterocycles. The van der Waals surface area contributed by atoms with E-state index in [1.165, 1.54) is 12.1 Å². The summed E-state index contributed by atoms with van der Waals surface area (Å²) in [5, 5.41) is 2.95. The van der Waals surface area contributed by atoms with Crippen molar-refractivity contribution in [3.05, 3.63) is 66.0 Å². The molecule has 5 nitrogen and oxygen atoms in total. The van der Waals surface area contributed by atoms with Crippen molar-refractivity contribution < 1.29 is 14.0 Å². The fraction of sp³-hybridized carbons (Fsp3) is 0.333. The number of amides is 3. The van der Waals surface area contributed by atoms with Gasteiger partial charge in [-0.05, 0) is 36.2 Å². The number of hydrogen-bond acceptors (Lipinski definition) is 2. The lowest BCUT2D eigenvalue weighted by Crippen LogP contribution is -2.40. The highest BCUT2D eigenvalue weighted by Crippen LogP contribution is 2.41. The number of anilines is 1. The Labute approximate surface area is 157 Å². The van der Waals surface area contributed by atoms with Gasteiger partial charge in [0.1, 0.15) is 5.82 Å². The van der Waals surface area contributed by atoms with Crippen molar-refractivity contribution in [3.8, 4) is 0 Å². The molecule has 6 heteroatoms. The second-order valence-corrected chi connectivity index (χ2v) is 7.45. The molecule has 0 unspecified atom stereocenters. The summed E-state index contributed by atoms with van der Waals surface area (Å²) in [6, 6.07) is 15.7. The fourth-order valence-electron chi connectivity index (χ4n) is 4.02. The van der Waals surface area contributed by atoms with Crippen LogP contribution in [0.4, 0.5) is 14.9 Å². The summed E-state index contributed by atoms with van der Waals surface area (Å²) in [5.41, 5.74) is 1.55. The van der Waals surface area contributed by atoms with Crippen molar-refractivity contribution in [1.29, 1.82) is 0 Å². The van der Waals surface area contributed by atoms with Gasteiger partial charge in [-0.15, -0.1) is 0 Å². The number of carbonyl (C=O) groups excluding carboxylic acids is 2. The number of halogens is 1. The molecule has 2 aromatic carbocycles. The van der Waals surface area contributed by atoms with Crippen LogP contribution in [0.15, 0.2) is 54.6 Å². The van der Waals surface area contributed by atoms with E-state index in [-0.39, 0.29) is 23.2 Å². The fourth-order valence-corrected chi connectivity index (χ4v) is 4.02. The monoisotopic (exact) mass is 367 g/mol. The molecule has 2 aliphatic heterocycles. The van der Waals surface area contributed by atoms with Crippen molar-refractivity contribution in [2.75, 3.05) is 24.5 Å². The summed E-state index contributed by atoms with van der Waals surface area (Å²) in [4.78, 5) is 28.5. The number of nitrogens with one attached hydrogen (secondary N) is 1. The van der Waals surface area contributed by atoms with Crippen molar-refractivity contribution in [3.63, 3.8) is 0 Å². The lowest BCUT2D eigenvalue weighted by Gasteiger charge is -2.24. The van der Waals surface area contributed by atoms with Crippen LogP contribution in [0, 0.1) is 11.2 Å². The zero-order chi connectivity index (χ0) is 18.9. The number of benzene rings is 2. The van der Waals surface area contributed by atoms with E-state index in [1.54, 1.807) is 21.9 Å². The van der Waals surface area contributed by atoms with E-state index < -0.39 is 0 Å². The van der Waals surface area contributed by atoms with Gasteiger partial charge < -0.3 is 15.1 Å². The normalized spacial score (nSPS) is 21.9. The quantitative estimate of drug-likeness (QED) is 0.906. The first-order chi connectivity index (χ1) is 13.0. The lowest BCUT2D eigenvalue weighted by molar-refractivity contribution is -0.117. The molecule has 0 aromatic heterocycles. The molecule has 140 valence electrons. The van der Waals surface area contributed by atoms with E-state index in [1.807, 2.05) is 30.3 Å². The van der Waals surface area contributed by atoms with E-state index >= 15 is 0 Å². The third-order valence-electron chi connectivity index (χ3n) is 5.47. The maximum Gasteiger partial charge on any atom is 0.317 e. The highest BCUT2D eigenvalue weighted by Gasteiger charge is 2.48. The smallest absolute Gasteiger partial charge is 0.317 e. The lowest BCUT2D eigenvalue weighted by atomic mass is 9.86. The highest BCUT2D eigenvalue weighted by atomic mass is 19.1. The number of urea groups is 1. The molecule has 2 aromatic rings. The molecule has 0 bridgehead atoms. The Hall–Kier alpha value is -2.89. The molecule has 3 amide bonds. The Morgan fingerprint density at radius 3 is 2.56 bits per heavy atom. The van der Waals surface area contributed by atoms with E-state index in [0.717, 1.165) is 12.0 Å². The van der Waals surface area contributed by atoms with Gasteiger partial charge in [0.05, 0.1) is 0 Å². The summed E-state index contributed by atoms with van der Waals surface area (Å²) in [5.74, 6) is -0.282.